The molecule has 0 fully saturated rings. The number of nitrogens with two attached hydrogens (primary N) is 1. The van der Waals surface area contributed by atoms with Gasteiger partial charge in [0, 0.05) is 36.3 Å². The van der Waals surface area contributed by atoms with Gasteiger partial charge in [-0.15, -0.1) is 0 Å². The third-order valence-electron chi connectivity index (χ3n) is 3.72. The van der Waals surface area contributed by atoms with Gasteiger partial charge in [-0.3, -0.25) is 0 Å². The van der Waals surface area contributed by atoms with Crippen molar-refractivity contribution in [3.05, 3.63) is 71.4 Å². The predicted octanol–water partition coefficient (Wildman–Crippen LogP) is 2.72. The molecule has 3 nitrogen and oxygen atoms in total. The fourth-order valence-corrected chi connectivity index (χ4v) is 2.66. The van der Waals surface area contributed by atoms with Crippen molar-refractivity contribution in [2.45, 2.75) is 12.6 Å². The summed E-state index contributed by atoms with van der Waals surface area (Å²) in [5, 5.41) is 11.8. The van der Waals surface area contributed by atoms with Gasteiger partial charge in [-0.05, 0) is 17.2 Å². The van der Waals surface area contributed by atoms with Gasteiger partial charge < -0.3 is 15.4 Å². The second kappa shape index (κ2) is 5.12. The average Bonchev–Trinajstić information content (AvgIpc) is 2.84. The minimum absolute atomic E-state index is 0.482. The molecule has 0 bridgehead atoms. The summed E-state index contributed by atoms with van der Waals surface area (Å²) in [5.74, 6) is 0. The summed E-state index contributed by atoms with van der Waals surface area (Å²) in [6, 6.07) is 15.9. The number of hydrogen-bond donors (Lipinski definition) is 2. The van der Waals surface area contributed by atoms with Crippen LogP contribution in [0, 0.1) is 0 Å². The van der Waals surface area contributed by atoms with Crippen LogP contribution in [0.1, 0.15) is 22.8 Å². The Morgan fingerprint density at radius 3 is 2.75 bits per heavy atom. The van der Waals surface area contributed by atoms with Crippen molar-refractivity contribution < 1.29 is 5.11 Å². The van der Waals surface area contributed by atoms with E-state index in [1.807, 2.05) is 60.3 Å². The number of fused-ring (bicyclic) bond motifs is 1. The highest BCUT2D eigenvalue weighted by molar-refractivity contribution is 5.84. The number of aliphatic hydroxyl groups is 1. The number of para-hydroxylation sites is 1. The zero-order valence-electron chi connectivity index (χ0n) is 11.5. The van der Waals surface area contributed by atoms with Crippen LogP contribution in [0.25, 0.3) is 10.9 Å². The predicted molar refractivity (Wildman–Crippen MR) is 81.3 cm³/mol. The summed E-state index contributed by atoms with van der Waals surface area (Å²) >= 11 is 0. The second-order valence-electron chi connectivity index (χ2n) is 5.06. The summed E-state index contributed by atoms with van der Waals surface area (Å²) in [6.45, 7) is 0.482. The molecule has 3 aromatic rings. The molecule has 0 aliphatic rings. The van der Waals surface area contributed by atoms with Crippen LogP contribution in [0.15, 0.2) is 54.7 Å². The van der Waals surface area contributed by atoms with E-state index in [0.29, 0.717) is 6.54 Å². The van der Waals surface area contributed by atoms with E-state index in [1.165, 1.54) is 0 Å². The lowest BCUT2D eigenvalue weighted by Crippen LogP contribution is -2.02. The highest BCUT2D eigenvalue weighted by Crippen LogP contribution is 2.30. The lowest BCUT2D eigenvalue weighted by Gasteiger charge is -2.11. The maximum atomic E-state index is 10.7. The molecule has 1 unspecified atom stereocenters. The van der Waals surface area contributed by atoms with E-state index < -0.39 is 6.10 Å². The third-order valence-corrected chi connectivity index (χ3v) is 3.72. The van der Waals surface area contributed by atoms with Crippen molar-refractivity contribution in [1.29, 1.82) is 0 Å². The molecular weight excluding hydrogens is 248 g/mol. The molecule has 1 atom stereocenters. The molecule has 0 aliphatic heterocycles. The Balaban J connectivity index is 2.10. The van der Waals surface area contributed by atoms with Gasteiger partial charge in [0.15, 0.2) is 0 Å². The van der Waals surface area contributed by atoms with Crippen LogP contribution in [0.5, 0.6) is 0 Å². The molecule has 0 spiro atoms. The topological polar surface area (TPSA) is 51.2 Å². The van der Waals surface area contributed by atoms with E-state index >= 15 is 0 Å². The molecule has 102 valence electrons. The first-order chi connectivity index (χ1) is 9.70. The van der Waals surface area contributed by atoms with Crippen molar-refractivity contribution in [2.24, 2.45) is 12.8 Å². The smallest absolute Gasteiger partial charge is 0.106 e. The lowest BCUT2D eigenvalue weighted by atomic mass is 9.99. The average molecular weight is 266 g/mol. The van der Waals surface area contributed by atoms with Gasteiger partial charge in [-0.1, -0.05) is 42.5 Å². The van der Waals surface area contributed by atoms with Crippen molar-refractivity contribution in [1.82, 2.24) is 4.57 Å². The van der Waals surface area contributed by atoms with Crippen LogP contribution in [-0.2, 0) is 13.6 Å². The highest BCUT2D eigenvalue weighted by Gasteiger charge is 2.16. The zero-order chi connectivity index (χ0) is 14.1. The van der Waals surface area contributed by atoms with Gasteiger partial charge in [-0.25, -0.2) is 0 Å². The summed E-state index contributed by atoms with van der Waals surface area (Å²) in [6.07, 6.45) is 1.36. The van der Waals surface area contributed by atoms with Crippen LogP contribution >= 0.6 is 0 Å². The summed E-state index contributed by atoms with van der Waals surface area (Å²) in [5.41, 5.74) is 9.62. The second-order valence-corrected chi connectivity index (χ2v) is 5.06. The van der Waals surface area contributed by atoms with Crippen LogP contribution in [0.3, 0.4) is 0 Å². The Kier molecular flexibility index (Phi) is 3.30. The molecule has 2 aromatic carbocycles. The van der Waals surface area contributed by atoms with Crippen LogP contribution in [0.4, 0.5) is 0 Å². The zero-order valence-corrected chi connectivity index (χ0v) is 11.5. The minimum atomic E-state index is -0.632. The quantitative estimate of drug-likeness (QED) is 0.766. The van der Waals surface area contributed by atoms with Crippen LogP contribution < -0.4 is 5.73 Å². The molecule has 0 saturated heterocycles. The minimum Gasteiger partial charge on any atom is -0.384 e. The number of nitrogens with zero attached hydrogens (tertiary/aromatic N) is 1. The Morgan fingerprint density at radius 1 is 1.15 bits per heavy atom. The van der Waals surface area contributed by atoms with Gasteiger partial charge in [-0.2, -0.15) is 0 Å². The van der Waals surface area contributed by atoms with E-state index in [-0.39, 0.29) is 0 Å². The van der Waals surface area contributed by atoms with E-state index in [9.17, 15) is 5.11 Å². The molecule has 3 N–H and O–H groups in total. The van der Waals surface area contributed by atoms with Gasteiger partial charge in [0.05, 0.1) is 0 Å². The van der Waals surface area contributed by atoms with Gasteiger partial charge in [0.2, 0.25) is 0 Å². The maximum Gasteiger partial charge on any atom is 0.106 e. The first-order valence-corrected chi connectivity index (χ1v) is 6.71. The first kappa shape index (κ1) is 12.9. The van der Waals surface area contributed by atoms with Gasteiger partial charge in [0.1, 0.15) is 6.10 Å². The van der Waals surface area contributed by atoms with E-state index in [0.717, 1.165) is 27.6 Å². The molecule has 1 heterocycles. The molecule has 0 amide bonds. The first-order valence-electron chi connectivity index (χ1n) is 6.71. The maximum absolute atomic E-state index is 10.7. The largest absolute Gasteiger partial charge is 0.384 e. The van der Waals surface area contributed by atoms with Gasteiger partial charge in [0.25, 0.3) is 0 Å². The van der Waals surface area contributed by atoms with Crippen molar-refractivity contribution in [2.75, 3.05) is 0 Å². The molecule has 0 saturated carbocycles. The van der Waals surface area contributed by atoms with Gasteiger partial charge >= 0.3 is 0 Å². The van der Waals surface area contributed by atoms with E-state index in [2.05, 4.69) is 6.07 Å². The summed E-state index contributed by atoms with van der Waals surface area (Å²) in [7, 11) is 1.99. The Morgan fingerprint density at radius 2 is 1.95 bits per heavy atom. The Labute approximate surface area is 118 Å². The molecule has 0 radical (unpaired) electrons. The number of aliphatic hydroxyl groups excluding tert-OH is 1. The van der Waals surface area contributed by atoms with E-state index in [4.69, 9.17) is 5.73 Å². The number of rotatable bonds is 3. The molecule has 0 aliphatic carbocycles. The van der Waals surface area contributed by atoms with E-state index in [1.54, 1.807) is 0 Å². The molecule has 1 aromatic heterocycles. The van der Waals surface area contributed by atoms with Crippen LogP contribution in [-0.4, -0.2) is 9.67 Å². The summed E-state index contributed by atoms with van der Waals surface area (Å²) < 4.78 is 2.04. The van der Waals surface area contributed by atoms with Crippen molar-refractivity contribution in [3.63, 3.8) is 0 Å². The SMILES string of the molecule is Cn1cc(C(O)c2cccc(CN)c2)c2ccccc21. The van der Waals surface area contributed by atoms with Crippen molar-refractivity contribution >= 4 is 10.9 Å². The number of aryl methyl sites for hydroxylation is 1. The monoisotopic (exact) mass is 266 g/mol. The fourth-order valence-electron chi connectivity index (χ4n) is 2.66. The van der Waals surface area contributed by atoms with Crippen LogP contribution in [0.2, 0.25) is 0 Å². The Bertz CT molecular complexity index is 746. The van der Waals surface area contributed by atoms with Crippen molar-refractivity contribution in [3.8, 4) is 0 Å². The standard InChI is InChI=1S/C17H18N2O/c1-19-11-15(14-7-2-3-8-16(14)19)17(20)13-6-4-5-12(9-13)10-18/h2-9,11,17,20H,10,18H2,1H3. The molecule has 3 heteroatoms. The number of benzene rings is 2. The lowest BCUT2D eigenvalue weighted by molar-refractivity contribution is 0.221. The molecule has 3 rings (SSSR count). The molecule has 20 heavy (non-hydrogen) atoms. The Hall–Kier alpha value is -2.10. The fraction of sp³-hybridized carbons (Fsp3) is 0.176. The number of aromatic nitrogens is 1. The highest BCUT2D eigenvalue weighted by atomic mass is 16.3. The summed E-state index contributed by atoms with van der Waals surface area (Å²) in [4.78, 5) is 0. The third kappa shape index (κ3) is 2.11. The number of hydrogen-bond acceptors (Lipinski definition) is 2. The molecular formula is C17H18N2O. The normalized spacial score (nSPS) is 12.8.